The van der Waals surface area contributed by atoms with Gasteiger partial charge < -0.3 is 4.57 Å². The quantitative estimate of drug-likeness (QED) is 0.180. The largest absolute Gasteiger partial charge is 0.309 e. The maximum absolute atomic E-state index is 5.50. The highest BCUT2D eigenvalue weighted by Gasteiger charge is 2.35. The second-order valence-electron chi connectivity index (χ2n) is 16.6. The molecule has 0 aliphatic heterocycles. The fourth-order valence-electron chi connectivity index (χ4n) is 10.4. The topological polar surface area (TPSA) is 35.6 Å². The van der Waals surface area contributed by atoms with Gasteiger partial charge in [0, 0.05) is 49.0 Å². The first-order valence-electron chi connectivity index (χ1n) is 20.4. The summed E-state index contributed by atoms with van der Waals surface area (Å²) >= 11 is 0. The minimum absolute atomic E-state index is 0.114. The molecule has 13 rings (SSSR count). The third-order valence-corrected chi connectivity index (χ3v) is 13.1. The van der Waals surface area contributed by atoms with E-state index in [2.05, 4.69) is 205 Å². The van der Waals surface area contributed by atoms with Crippen LogP contribution in [0.5, 0.6) is 0 Å². The highest BCUT2D eigenvalue weighted by molar-refractivity contribution is 6.22. The third kappa shape index (κ3) is 4.43. The molecule has 3 aromatic heterocycles. The molecule has 0 amide bonds. The molecule has 4 heteroatoms. The molecule has 9 aromatic carbocycles. The standard InChI is InChI=1S/C55H36N4/c1-55(2)45-19-9-5-15-39(45)40-27-24-35(32-46(40)55)52-43-17-6-10-20-47(43)56-54(57-52)59-49-22-12-8-18-44(49)51-37-29-26-36(31-34(37)25-30-50(51)59)58-48-21-11-7-16-41(48)42-28-23-33-13-3-4-14-38(33)53(42)58/h3-32H,1-2H3. The van der Waals surface area contributed by atoms with E-state index in [0.717, 1.165) is 38.9 Å². The lowest BCUT2D eigenvalue weighted by molar-refractivity contribution is 0.660. The number of nitrogens with zero attached hydrogens (tertiary/aromatic N) is 4. The molecular weight excluding hydrogens is 717 g/mol. The molecule has 59 heavy (non-hydrogen) atoms. The van der Waals surface area contributed by atoms with Crippen molar-refractivity contribution >= 4 is 76.1 Å². The number of fused-ring (bicyclic) bond motifs is 14. The van der Waals surface area contributed by atoms with E-state index in [-0.39, 0.29) is 5.41 Å². The van der Waals surface area contributed by atoms with E-state index < -0.39 is 0 Å². The molecular formula is C55H36N4. The lowest BCUT2D eigenvalue weighted by atomic mass is 9.82. The Morgan fingerprint density at radius 1 is 0.424 bits per heavy atom. The average Bonchev–Trinajstić information content (AvgIpc) is 3.89. The van der Waals surface area contributed by atoms with Gasteiger partial charge in [0.05, 0.1) is 33.3 Å². The van der Waals surface area contributed by atoms with Crippen LogP contribution in [0, 0.1) is 0 Å². The van der Waals surface area contributed by atoms with E-state index in [4.69, 9.17) is 9.97 Å². The Morgan fingerprint density at radius 3 is 1.98 bits per heavy atom. The van der Waals surface area contributed by atoms with Gasteiger partial charge in [-0.2, -0.15) is 0 Å². The van der Waals surface area contributed by atoms with Crippen molar-refractivity contribution in [3.8, 4) is 34.0 Å². The van der Waals surface area contributed by atoms with E-state index in [1.54, 1.807) is 0 Å². The molecule has 0 radical (unpaired) electrons. The van der Waals surface area contributed by atoms with Crippen LogP contribution in [0.4, 0.5) is 0 Å². The van der Waals surface area contributed by atoms with Crippen molar-refractivity contribution in [1.82, 2.24) is 19.1 Å². The fraction of sp³-hybridized carbons (Fsp3) is 0.0545. The van der Waals surface area contributed by atoms with Gasteiger partial charge in [-0.25, -0.2) is 9.97 Å². The first-order valence-corrected chi connectivity index (χ1v) is 20.4. The number of hydrogen-bond acceptors (Lipinski definition) is 2. The summed E-state index contributed by atoms with van der Waals surface area (Å²) < 4.78 is 4.71. The highest BCUT2D eigenvalue weighted by atomic mass is 15.2. The maximum atomic E-state index is 5.50. The normalized spacial score (nSPS) is 13.4. The molecule has 4 nitrogen and oxygen atoms in total. The zero-order valence-electron chi connectivity index (χ0n) is 32.6. The molecule has 0 saturated carbocycles. The summed E-state index contributed by atoms with van der Waals surface area (Å²) in [6.07, 6.45) is 0. The summed E-state index contributed by atoms with van der Waals surface area (Å²) in [7, 11) is 0. The van der Waals surface area contributed by atoms with Crippen molar-refractivity contribution in [3.05, 3.63) is 193 Å². The average molecular weight is 753 g/mol. The third-order valence-electron chi connectivity index (χ3n) is 13.1. The zero-order chi connectivity index (χ0) is 39.0. The Labute approximate surface area is 340 Å². The van der Waals surface area contributed by atoms with Gasteiger partial charge in [0.2, 0.25) is 5.95 Å². The first-order chi connectivity index (χ1) is 29.0. The van der Waals surface area contributed by atoms with Crippen LogP contribution < -0.4 is 0 Å². The van der Waals surface area contributed by atoms with Gasteiger partial charge in [-0.1, -0.05) is 153 Å². The van der Waals surface area contributed by atoms with Crippen molar-refractivity contribution in [2.75, 3.05) is 0 Å². The summed E-state index contributed by atoms with van der Waals surface area (Å²) in [5, 5.41) is 10.8. The number of hydrogen-bond donors (Lipinski definition) is 0. The van der Waals surface area contributed by atoms with Crippen LogP contribution in [-0.4, -0.2) is 19.1 Å². The van der Waals surface area contributed by atoms with Gasteiger partial charge in [0.25, 0.3) is 0 Å². The lowest BCUT2D eigenvalue weighted by Gasteiger charge is -2.22. The van der Waals surface area contributed by atoms with Crippen molar-refractivity contribution in [3.63, 3.8) is 0 Å². The van der Waals surface area contributed by atoms with Gasteiger partial charge in [0.15, 0.2) is 0 Å². The molecule has 276 valence electrons. The zero-order valence-corrected chi connectivity index (χ0v) is 32.6. The Bertz CT molecular complexity index is 3770. The van der Waals surface area contributed by atoms with E-state index in [1.807, 2.05) is 0 Å². The van der Waals surface area contributed by atoms with Crippen LogP contribution in [-0.2, 0) is 5.41 Å². The maximum Gasteiger partial charge on any atom is 0.235 e. The molecule has 0 unspecified atom stereocenters. The van der Waals surface area contributed by atoms with E-state index >= 15 is 0 Å². The van der Waals surface area contributed by atoms with Gasteiger partial charge >= 0.3 is 0 Å². The molecule has 12 aromatic rings. The second kappa shape index (κ2) is 11.7. The molecule has 0 fully saturated rings. The summed E-state index contributed by atoms with van der Waals surface area (Å²) in [6, 6.07) is 66.3. The number of para-hydroxylation sites is 3. The Kier molecular flexibility index (Phi) is 6.48. The molecule has 0 spiro atoms. The monoisotopic (exact) mass is 752 g/mol. The molecule has 1 aliphatic carbocycles. The number of benzene rings is 9. The minimum Gasteiger partial charge on any atom is -0.309 e. The molecule has 0 bridgehead atoms. The van der Waals surface area contributed by atoms with E-state index in [9.17, 15) is 0 Å². The van der Waals surface area contributed by atoms with Crippen molar-refractivity contribution in [2.24, 2.45) is 0 Å². The SMILES string of the molecule is CC1(C)c2ccccc2-c2ccc(-c3nc(-n4c5ccccc5c5c6ccc(-n7c8ccccc8c8ccc9ccccc9c87)cc6ccc54)nc4ccccc34)cc21. The minimum atomic E-state index is -0.114. The summed E-state index contributed by atoms with van der Waals surface area (Å²) in [5.74, 6) is 0.668. The predicted molar refractivity (Wildman–Crippen MR) is 246 cm³/mol. The molecule has 0 saturated heterocycles. The molecule has 1 aliphatic rings. The van der Waals surface area contributed by atoms with Crippen LogP contribution in [0.15, 0.2) is 182 Å². The van der Waals surface area contributed by atoms with Crippen molar-refractivity contribution < 1.29 is 0 Å². The molecule has 3 heterocycles. The Balaban J connectivity index is 1.03. The van der Waals surface area contributed by atoms with Crippen molar-refractivity contribution in [2.45, 2.75) is 19.3 Å². The van der Waals surface area contributed by atoms with Crippen LogP contribution >= 0.6 is 0 Å². The van der Waals surface area contributed by atoms with Gasteiger partial charge in [-0.05, 0) is 80.9 Å². The summed E-state index contributed by atoms with van der Waals surface area (Å²) in [5.41, 5.74) is 13.9. The van der Waals surface area contributed by atoms with Crippen LogP contribution in [0.25, 0.3) is 110 Å². The lowest BCUT2D eigenvalue weighted by Crippen LogP contribution is -2.15. The predicted octanol–water partition coefficient (Wildman–Crippen LogP) is 14.1. The van der Waals surface area contributed by atoms with Crippen molar-refractivity contribution in [1.29, 1.82) is 0 Å². The van der Waals surface area contributed by atoms with Crippen LogP contribution in [0.2, 0.25) is 0 Å². The van der Waals surface area contributed by atoms with Gasteiger partial charge in [0.1, 0.15) is 0 Å². The second-order valence-corrected chi connectivity index (χ2v) is 16.6. The van der Waals surface area contributed by atoms with E-state index in [0.29, 0.717) is 5.95 Å². The number of rotatable bonds is 3. The highest BCUT2D eigenvalue weighted by Crippen LogP contribution is 2.50. The summed E-state index contributed by atoms with van der Waals surface area (Å²) in [4.78, 5) is 10.8. The smallest absolute Gasteiger partial charge is 0.235 e. The molecule has 0 N–H and O–H groups in total. The fourth-order valence-corrected chi connectivity index (χ4v) is 10.4. The van der Waals surface area contributed by atoms with Gasteiger partial charge in [-0.15, -0.1) is 0 Å². The van der Waals surface area contributed by atoms with Gasteiger partial charge in [-0.3, -0.25) is 4.57 Å². The Morgan fingerprint density at radius 2 is 1.10 bits per heavy atom. The summed E-state index contributed by atoms with van der Waals surface area (Å²) in [6.45, 7) is 4.67. The van der Waals surface area contributed by atoms with Crippen LogP contribution in [0.3, 0.4) is 0 Å². The number of aromatic nitrogens is 4. The Hall–Kier alpha value is -7.56. The van der Waals surface area contributed by atoms with Crippen LogP contribution in [0.1, 0.15) is 25.0 Å². The molecule has 0 atom stereocenters. The first kappa shape index (κ1) is 32.5. The van der Waals surface area contributed by atoms with E-state index in [1.165, 1.54) is 76.4 Å².